The van der Waals surface area contributed by atoms with Gasteiger partial charge in [0.15, 0.2) is 5.82 Å². The normalized spacial score (nSPS) is 18.7. The first-order chi connectivity index (χ1) is 16.2. The van der Waals surface area contributed by atoms with E-state index in [9.17, 15) is 9.90 Å². The van der Waals surface area contributed by atoms with Gasteiger partial charge in [0.25, 0.3) is 5.91 Å². The maximum Gasteiger partial charge on any atom is 0.258 e. The molecule has 1 fully saturated rings. The van der Waals surface area contributed by atoms with Crippen LogP contribution in [0.2, 0.25) is 0 Å². The largest absolute Gasteiger partial charge is 0.508 e. The van der Waals surface area contributed by atoms with Crippen molar-refractivity contribution in [3.8, 4) is 16.9 Å². The summed E-state index contributed by atoms with van der Waals surface area (Å²) in [5.41, 5.74) is 2.68. The zero-order chi connectivity index (χ0) is 24.5. The van der Waals surface area contributed by atoms with Gasteiger partial charge in [-0.2, -0.15) is 0 Å². The minimum absolute atomic E-state index is 0.0761. The van der Waals surface area contributed by atoms with Crippen LogP contribution in [-0.4, -0.2) is 44.2 Å². The Bertz CT molecular complexity index is 1210. The summed E-state index contributed by atoms with van der Waals surface area (Å²) >= 11 is 2.19. The average Bonchev–Trinajstić information content (AvgIpc) is 3.18. The fourth-order valence-electron chi connectivity index (χ4n) is 3.82. The highest BCUT2D eigenvalue weighted by Crippen LogP contribution is 2.41. The van der Waals surface area contributed by atoms with E-state index < -0.39 is 0 Å². The molecule has 0 aliphatic carbocycles. The number of nitrogens with one attached hydrogen (secondary N) is 1. The summed E-state index contributed by atoms with van der Waals surface area (Å²) in [5.74, 6) is 1.14. The third kappa shape index (κ3) is 5.58. The highest BCUT2D eigenvalue weighted by atomic mass is 127. The fraction of sp³-hybridized carbons (Fsp3) is 0.304. The Morgan fingerprint density at radius 2 is 2.03 bits per heavy atom. The third-order valence-electron chi connectivity index (χ3n) is 5.65. The second-order valence-corrected chi connectivity index (χ2v) is 12.5. The highest BCUT2D eigenvalue weighted by molar-refractivity contribution is 14.1. The van der Waals surface area contributed by atoms with Gasteiger partial charge in [-0.3, -0.25) is 4.79 Å². The Morgan fingerprint density at radius 1 is 1.29 bits per heavy atom. The molecule has 34 heavy (non-hydrogen) atoms. The lowest BCUT2D eigenvalue weighted by molar-refractivity contribution is 0.102. The van der Waals surface area contributed by atoms with Crippen LogP contribution < -0.4 is 10.2 Å². The second-order valence-electron chi connectivity index (χ2n) is 8.56. The van der Waals surface area contributed by atoms with Crippen molar-refractivity contribution >= 4 is 70.9 Å². The Balaban J connectivity index is 1.75. The number of phenols is 1. The average molecular weight is 628 g/mol. The molecule has 3 unspecified atom stereocenters. The molecule has 1 amide bonds. The van der Waals surface area contributed by atoms with Crippen molar-refractivity contribution in [3.63, 3.8) is 0 Å². The SMILES string of the molecule is CC(SCl)c1ncc(C(=O)Nc2c(-c3ccc(O)cc3I)ccnc2N2CCC(C)(P)C2)cn1. The van der Waals surface area contributed by atoms with Crippen LogP contribution in [0.15, 0.2) is 42.9 Å². The Morgan fingerprint density at radius 3 is 2.65 bits per heavy atom. The summed E-state index contributed by atoms with van der Waals surface area (Å²) in [4.78, 5) is 28.7. The zero-order valence-electron chi connectivity index (χ0n) is 18.6. The molecule has 2 aromatic heterocycles. The Labute approximate surface area is 223 Å². The monoisotopic (exact) mass is 627 g/mol. The van der Waals surface area contributed by atoms with E-state index in [2.05, 4.69) is 63.9 Å². The number of hydrogen-bond acceptors (Lipinski definition) is 7. The minimum Gasteiger partial charge on any atom is -0.508 e. The van der Waals surface area contributed by atoms with Gasteiger partial charge >= 0.3 is 0 Å². The lowest BCUT2D eigenvalue weighted by atomic mass is 10.0. The number of anilines is 2. The van der Waals surface area contributed by atoms with E-state index in [0.717, 1.165) is 45.2 Å². The van der Waals surface area contributed by atoms with Crippen LogP contribution in [0.25, 0.3) is 11.1 Å². The molecule has 3 heterocycles. The summed E-state index contributed by atoms with van der Waals surface area (Å²) < 4.78 is 0.864. The molecule has 178 valence electrons. The van der Waals surface area contributed by atoms with Gasteiger partial charge in [0.1, 0.15) is 11.6 Å². The second kappa shape index (κ2) is 10.5. The number of nitrogens with zero attached hydrogens (tertiary/aromatic N) is 4. The molecule has 1 aliphatic rings. The maximum atomic E-state index is 13.3. The van der Waals surface area contributed by atoms with Gasteiger partial charge in [-0.25, -0.2) is 15.0 Å². The van der Waals surface area contributed by atoms with Gasteiger partial charge in [-0.05, 0) is 87.4 Å². The van der Waals surface area contributed by atoms with Crippen LogP contribution in [0.3, 0.4) is 0 Å². The molecule has 7 nitrogen and oxygen atoms in total. The topological polar surface area (TPSA) is 91.2 Å². The number of pyridine rings is 1. The predicted octanol–water partition coefficient (Wildman–Crippen LogP) is 5.89. The molecular formula is C23H24ClIN5O2PS. The molecular weight excluding hydrogens is 604 g/mol. The standard InChI is InChI=1S/C23H24ClIN5O2PS/c1-13(34-24)20-27-10-14(11-28-20)22(32)29-19-17(16-4-3-15(31)9-18(16)25)5-7-26-21(19)30-8-6-23(2,33)12-30/h3-5,7,9-11,13,31H,6,8,12,33H2,1-2H3,(H,29,32). The third-order valence-corrected chi connectivity index (χ3v) is 8.29. The van der Waals surface area contributed by atoms with Gasteiger partial charge < -0.3 is 15.3 Å². The lowest BCUT2D eigenvalue weighted by Crippen LogP contribution is -2.27. The molecule has 1 aliphatic heterocycles. The summed E-state index contributed by atoms with van der Waals surface area (Å²) in [6.07, 6.45) is 5.78. The molecule has 4 rings (SSSR count). The van der Waals surface area contributed by atoms with Crippen molar-refractivity contribution < 1.29 is 9.90 Å². The minimum atomic E-state index is -0.324. The number of aromatic nitrogens is 3. The maximum absolute atomic E-state index is 13.3. The Hall–Kier alpha value is -1.68. The Kier molecular flexibility index (Phi) is 7.86. The van der Waals surface area contributed by atoms with Gasteiger partial charge in [0.05, 0.1) is 16.5 Å². The molecule has 0 radical (unpaired) electrons. The van der Waals surface area contributed by atoms with E-state index in [1.165, 1.54) is 12.4 Å². The highest BCUT2D eigenvalue weighted by Gasteiger charge is 2.32. The quantitative estimate of drug-likeness (QED) is 0.260. The first kappa shape index (κ1) is 25.4. The van der Waals surface area contributed by atoms with Gasteiger partial charge in [-0.1, -0.05) is 6.92 Å². The molecule has 11 heteroatoms. The van der Waals surface area contributed by atoms with Crippen LogP contribution >= 0.6 is 53.5 Å². The van der Waals surface area contributed by atoms with Crippen molar-refractivity contribution in [1.82, 2.24) is 15.0 Å². The van der Waals surface area contributed by atoms with E-state index in [4.69, 9.17) is 10.7 Å². The number of phenolic OH excluding ortho intramolecular Hbond substituents is 1. The molecule has 2 N–H and O–H groups in total. The molecule has 3 atom stereocenters. The van der Waals surface area contributed by atoms with E-state index in [1.807, 2.05) is 19.1 Å². The number of carbonyl (C=O) groups is 1. The van der Waals surface area contributed by atoms with Crippen molar-refractivity contribution in [2.24, 2.45) is 0 Å². The van der Waals surface area contributed by atoms with Crippen molar-refractivity contribution in [2.45, 2.75) is 30.7 Å². The van der Waals surface area contributed by atoms with Crippen LogP contribution in [0.1, 0.15) is 41.7 Å². The van der Waals surface area contributed by atoms with Crippen LogP contribution in [0, 0.1) is 3.57 Å². The van der Waals surface area contributed by atoms with E-state index in [0.29, 0.717) is 22.9 Å². The van der Waals surface area contributed by atoms with E-state index in [-0.39, 0.29) is 22.1 Å². The van der Waals surface area contributed by atoms with Gasteiger partial charge in [0.2, 0.25) is 0 Å². The summed E-state index contributed by atoms with van der Waals surface area (Å²) in [6, 6.07) is 7.06. The van der Waals surface area contributed by atoms with Crippen LogP contribution in [-0.2, 0) is 0 Å². The zero-order valence-corrected chi connectivity index (χ0v) is 23.5. The number of aromatic hydroxyl groups is 1. The molecule has 3 aromatic rings. The number of carbonyl (C=O) groups excluding carboxylic acids is 1. The number of rotatable bonds is 6. The predicted molar refractivity (Wildman–Crippen MR) is 151 cm³/mol. The summed E-state index contributed by atoms with van der Waals surface area (Å²) in [6.45, 7) is 5.73. The molecule has 1 aromatic carbocycles. The summed E-state index contributed by atoms with van der Waals surface area (Å²) in [5, 5.41) is 13.0. The van der Waals surface area contributed by atoms with Crippen molar-refractivity contribution in [3.05, 3.63) is 57.8 Å². The number of benzene rings is 1. The number of hydrogen-bond donors (Lipinski definition) is 2. The summed E-state index contributed by atoms with van der Waals surface area (Å²) in [7, 11) is 9.87. The first-order valence-corrected chi connectivity index (χ1v) is 14.0. The van der Waals surface area contributed by atoms with E-state index in [1.54, 1.807) is 18.3 Å². The van der Waals surface area contributed by atoms with Crippen molar-refractivity contribution in [2.75, 3.05) is 23.3 Å². The van der Waals surface area contributed by atoms with Gasteiger partial charge in [0, 0.05) is 46.0 Å². The smallest absolute Gasteiger partial charge is 0.258 e. The molecule has 0 saturated carbocycles. The van der Waals surface area contributed by atoms with Crippen molar-refractivity contribution in [1.29, 1.82) is 0 Å². The fourth-order valence-corrected chi connectivity index (χ4v) is 5.40. The first-order valence-electron chi connectivity index (χ1n) is 10.6. The van der Waals surface area contributed by atoms with Crippen LogP contribution in [0.5, 0.6) is 5.75 Å². The molecule has 1 saturated heterocycles. The number of amides is 1. The lowest BCUT2D eigenvalue weighted by Gasteiger charge is -2.25. The van der Waals surface area contributed by atoms with Crippen LogP contribution in [0.4, 0.5) is 11.5 Å². The molecule has 0 bridgehead atoms. The van der Waals surface area contributed by atoms with E-state index >= 15 is 0 Å². The number of halogens is 2. The van der Waals surface area contributed by atoms with Gasteiger partial charge in [-0.15, -0.1) is 9.24 Å². The molecule has 0 spiro atoms.